The largest absolute Gasteiger partial charge is 0.380 e. The van der Waals surface area contributed by atoms with E-state index in [4.69, 9.17) is 4.74 Å². The molecule has 1 saturated heterocycles. The van der Waals surface area contributed by atoms with Gasteiger partial charge in [0.1, 0.15) is 6.07 Å². The van der Waals surface area contributed by atoms with E-state index in [9.17, 15) is 5.26 Å². The van der Waals surface area contributed by atoms with Gasteiger partial charge in [-0.15, -0.1) is 0 Å². The smallest absolute Gasteiger partial charge is 0.101 e. The van der Waals surface area contributed by atoms with Crippen LogP contribution in [0, 0.1) is 11.3 Å². The first-order chi connectivity index (χ1) is 9.70. The Morgan fingerprint density at radius 2 is 2.20 bits per heavy atom. The normalized spacial score (nSPS) is 16.0. The standard InChI is InChI=1S/C16H23N3O/c1-13(2)18-12-14-4-5-16(15(10-14)11-17)19-6-3-8-20-9-7-19/h4-5,10,13,18H,3,6-9,12H2,1-2H3. The predicted molar refractivity (Wildman–Crippen MR) is 80.8 cm³/mol. The van der Waals surface area contributed by atoms with Crippen LogP contribution in [-0.4, -0.2) is 32.3 Å². The number of anilines is 1. The third-order valence-corrected chi connectivity index (χ3v) is 3.46. The molecule has 1 heterocycles. The molecule has 0 radical (unpaired) electrons. The van der Waals surface area contributed by atoms with Crippen LogP contribution in [0.4, 0.5) is 5.69 Å². The van der Waals surface area contributed by atoms with Crippen LogP contribution < -0.4 is 10.2 Å². The number of hydrogen-bond acceptors (Lipinski definition) is 4. The van der Waals surface area contributed by atoms with E-state index < -0.39 is 0 Å². The summed E-state index contributed by atoms with van der Waals surface area (Å²) in [6.07, 6.45) is 1.02. The summed E-state index contributed by atoms with van der Waals surface area (Å²) < 4.78 is 5.47. The maximum absolute atomic E-state index is 9.39. The Morgan fingerprint density at radius 3 is 2.95 bits per heavy atom. The lowest BCUT2D eigenvalue weighted by atomic mass is 10.1. The van der Waals surface area contributed by atoms with E-state index in [1.165, 1.54) is 0 Å². The van der Waals surface area contributed by atoms with Gasteiger partial charge in [-0.2, -0.15) is 5.26 Å². The molecule has 2 rings (SSSR count). The van der Waals surface area contributed by atoms with Gasteiger partial charge in [-0.3, -0.25) is 0 Å². The molecule has 1 N–H and O–H groups in total. The minimum absolute atomic E-state index is 0.447. The van der Waals surface area contributed by atoms with E-state index >= 15 is 0 Å². The average Bonchev–Trinajstić information content (AvgIpc) is 2.73. The summed E-state index contributed by atoms with van der Waals surface area (Å²) in [6, 6.07) is 8.95. The molecule has 1 aliphatic heterocycles. The number of ether oxygens (including phenoxy) is 1. The lowest BCUT2D eigenvalue weighted by molar-refractivity contribution is 0.152. The molecule has 1 aliphatic rings. The highest BCUT2D eigenvalue weighted by molar-refractivity contribution is 5.60. The maximum atomic E-state index is 9.39. The first-order valence-corrected chi connectivity index (χ1v) is 7.30. The van der Waals surface area contributed by atoms with Gasteiger partial charge in [0.05, 0.1) is 17.9 Å². The zero-order valence-electron chi connectivity index (χ0n) is 12.4. The Hall–Kier alpha value is -1.57. The van der Waals surface area contributed by atoms with Crippen LogP contribution in [0.1, 0.15) is 31.4 Å². The second-order valence-corrected chi connectivity index (χ2v) is 5.45. The molecule has 0 aliphatic carbocycles. The van der Waals surface area contributed by atoms with Gasteiger partial charge in [0.15, 0.2) is 0 Å². The zero-order chi connectivity index (χ0) is 14.4. The molecule has 1 fully saturated rings. The van der Waals surface area contributed by atoms with E-state index in [1.54, 1.807) is 0 Å². The topological polar surface area (TPSA) is 48.3 Å². The van der Waals surface area contributed by atoms with E-state index in [2.05, 4.69) is 42.3 Å². The van der Waals surface area contributed by atoms with Crippen LogP contribution in [0.5, 0.6) is 0 Å². The molecule has 4 nitrogen and oxygen atoms in total. The van der Waals surface area contributed by atoms with Gasteiger partial charge in [0.2, 0.25) is 0 Å². The highest BCUT2D eigenvalue weighted by Gasteiger charge is 2.14. The molecular weight excluding hydrogens is 250 g/mol. The van der Waals surface area contributed by atoms with Crippen LogP contribution >= 0.6 is 0 Å². The molecule has 0 saturated carbocycles. The Kier molecular flexibility index (Phi) is 5.40. The number of rotatable bonds is 4. The Morgan fingerprint density at radius 1 is 1.35 bits per heavy atom. The lowest BCUT2D eigenvalue weighted by Crippen LogP contribution is -2.27. The van der Waals surface area contributed by atoms with E-state index in [0.717, 1.165) is 56.1 Å². The number of nitrogens with zero attached hydrogens (tertiary/aromatic N) is 2. The minimum Gasteiger partial charge on any atom is -0.380 e. The maximum Gasteiger partial charge on any atom is 0.101 e. The van der Waals surface area contributed by atoms with Crippen molar-refractivity contribution in [3.05, 3.63) is 29.3 Å². The molecule has 1 aromatic carbocycles. The zero-order valence-corrected chi connectivity index (χ0v) is 12.4. The molecule has 0 bridgehead atoms. The summed E-state index contributed by atoms with van der Waals surface area (Å²) in [5.74, 6) is 0. The Labute approximate surface area is 121 Å². The highest BCUT2D eigenvalue weighted by atomic mass is 16.5. The van der Waals surface area contributed by atoms with Crippen LogP contribution in [-0.2, 0) is 11.3 Å². The lowest BCUT2D eigenvalue weighted by Gasteiger charge is -2.23. The molecule has 4 heteroatoms. The van der Waals surface area contributed by atoms with Crippen LogP contribution in [0.2, 0.25) is 0 Å². The molecule has 0 unspecified atom stereocenters. The van der Waals surface area contributed by atoms with Crippen molar-refractivity contribution in [3.8, 4) is 6.07 Å². The van der Waals surface area contributed by atoms with Crippen molar-refractivity contribution in [1.82, 2.24) is 5.32 Å². The molecular formula is C16H23N3O. The van der Waals surface area contributed by atoms with Crippen LogP contribution in [0.25, 0.3) is 0 Å². The van der Waals surface area contributed by atoms with Crippen molar-refractivity contribution in [3.63, 3.8) is 0 Å². The fourth-order valence-corrected chi connectivity index (χ4v) is 2.37. The van der Waals surface area contributed by atoms with Gasteiger partial charge in [-0.05, 0) is 24.1 Å². The van der Waals surface area contributed by atoms with Crippen molar-refractivity contribution in [2.24, 2.45) is 0 Å². The third kappa shape index (κ3) is 3.96. The number of nitriles is 1. The number of nitrogens with one attached hydrogen (secondary N) is 1. The molecule has 108 valence electrons. The fraction of sp³-hybridized carbons (Fsp3) is 0.562. The summed E-state index contributed by atoms with van der Waals surface area (Å²) >= 11 is 0. The Balaban J connectivity index is 2.14. The second-order valence-electron chi connectivity index (χ2n) is 5.45. The molecule has 1 aromatic rings. The SMILES string of the molecule is CC(C)NCc1ccc(N2CCCOCC2)c(C#N)c1. The molecule has 0 spiro atoms. The highest BCUT2D eigenvalue weighted by Crippen LogP contribution is 2.22. The monoisotopic (exact) mass is 273 g/mol. The van der Waals surface area contributed by atoms with E-state index in [1.807, 2.05) is 6.07 Å². The molecule has 0 atom stereocenters. The van der Waals surface area contributed by atoms with E-state index in [-0.39, 0.29) is 0 Å². The predicted octanol–water partition coefficient (Wildman–Crippen LogP) is 2.28. The summed E-state index contributed by atoms with van der Waals surface area (Å²) in [5, 5.41) is 12.8. The molecule has 0 aromatic heterocycles. The molecule has 20 heavy (non-hydrogen) atoms. The van der Waals surface area contributed by atoms with Crippen LogP contribution in [0.3, 0.4) is 0 Å². The van der Waals surface area contributed by atoms with Gasteiger partial charge in [0, 0.05) is 32.3 Å². The first kappa shape index (κ1) is 14.8. The van der Waals surface area contributed by atoms with Crippen molar-refractivity contribution in [2.45, 2.75) is 32.9 Å². The minimum atomic E-state index is 0.447. The fourth-order valence-electron chi connectivity index (χ4n) is 2.37. The summed E-state index contributed by atoms with van der Waals surface area (Å²) in [6.45, 7) is 8.41. The third-order valence-electron chi connectivity index (χ3n) is 3.46. The Bertz CT molecular complexity index is 471. The van der Waals surface area contributed by atoms with Gasteiger partial charge in [-0.1, -0.05) is 19.9 Å². The van der Waals surface area contributed by atoms with Crippen LogP contribution in [0.15, 0.2) is 18.2 Å². The molecule has 0 amide bonds. The first-order valence-electron chi connectivity index (χ1n) is 7.30. The van der Waals surface area contributed by atoms with Gasteiger partial charge in [0.25, 0.3) is 0 Å². The van der Waals surface area contributed by atoms with Crippen molar-refractivity contribution >= 4 is 5.69 Å². The van der Waals surface area contributed by atoms with Gasteiger partial charge < -0.3 is 15.0 Å². The van der Waals surface area contributed by atoms with Gasteiger partial charge >= 0.3 is 0 Å². The second kappa shape index (κ2) is 7.28. The summed E-state index contributed by atoms with van der Waals surface area (Å²) in [4.78, 5) is 2.26. The summed E-state index contributed by atoms with van der Waals surface area (Å²) in [5.41, 5.74) is 2.95. The number of benzene rings is 1. The van der Waals surface area contributed by atoms with Crippen molar-refractivity contribution < 1.29 is 4.74 Å². The quantitative estimate of drug-likeness (QED) is 0.914. The average molecular weight is 273 g/mol. The van der Waals surface area contributed by atoms with Crippen molar-refractivity contribution in [1.29, 1.82) is 5.26 Å². The number of hydrogen-bond donors (Lipinski definition) is 1. The summed E-state index contributed by atoms with van der Waals surface area (Å²) in [7, 11) is 0. The van der Waals surface area contributed by atoms with Gasteiger partial charge in [-0.25, -0.2) is 0 Å². The van der Waals surface area contributed by atoms with E-state index in [0.29, 0.717) is 6.04 Å². The van der Waals surface area contributed by atoms with Crippen molar-refractivity contribution in [2.75, 3.05) is 31.2 Å².